The van der Waals surface area contributed by atoms with Crippen LogP contribution < -0.4 is 5.32 Å². The first-order chi connectivity index (χ1) is 14.8. The number of rotatable bonds is 5. The van der Waals surface area contributed by atoms with E-state index in [2.05, 4.69) is 21.1 Å². The summed E-state index contributed by atoms with van der Waals surface area (Å²) >= 11 is 2.98. The van der Waals surface area contributed by atoms with Crippen LogP contribution in [0.2, 0.25) is 0 Å². The first-order valence-corrected chi connectivity index (χ1v) is 9.76. The molecule has 31 heavy (non-hydrogen) atoms. The number of halogens is 4. The van der Waals surface area contributed by atoms with Gasteiger partial charge in [0.2, 0.25) is 0 Å². The molecule has 0 fully saturated rings. The van der Waals surface area contributed by atoms with Crippen LogP contribution in [-0.4, -0.2) is 16.9 Å². The number of amides is 1. The molecule has 0 bridgehead atoms. The van der Waals surface area contributed by atoms with Crippen molar-refractivity contribution in [2.45, 2.75) is 12.3 Å². The smallest absolute Gasteiger partial charge is 0.382 e. The van der Waals surface area contributed by atoms with Gasteiger partial charge in [0.05, 0.1) is 11.3 Å². The molecule has 0 saturated carbocycles. The molecular weight excluding hydrogens is 477 g/mol. The monoisotopic (exact) mass is 492 g/mol. The van der Waals surface area contributed by atoms with Gasteiger partial charge in [-0.15, -0.1) is 0 Å². The molecule has 0 radical (unpaired) electrons. The molecule has 0 aromatic heterocycles. The lowest BCUT2D eigenvalue weighted by Crippen LogP contribution is -2.19. The van der Waals surface area contributed by atoms with Crippen LogP contribution in [0.15, 0.2) is 88.5 Å². The molecule has 3 aromatic carbocycles. The fourth-order valence-electron chi connectivity index (χ4n) is 2.75. The molecule has 0 aliphatic heterocycles. The van der Waals surface area contributed by atoms with Gasteiger partial charge in [0.15, 0.2) is 0 Å². The Kier molecular flexibility index (Phi) is 7.09. The van der Waals surface area contributed by atoms with Crippen LogP contribution in [0.4, 0.5) is 23.7 Å². The van der Waals surface area contributed by atoms with Gasteiger partial charge >= 0.3 is 12.3 Å². The van der Waals surface area contributed by atoms with Crippen molar-refractivity contribution < 1.29 is 27.9 Å². The van der Waals surface area contributed by atoms with E-state index in [0.29, 0.717) is 11.1 Å². The maximum Gasteiger partial charge on any atom is 0.437 e. The summed E-state index contributed by atoms with van der Waals surface area (Å²) in [5.41, 5.74) is -0.530. The minimum atomic E-state index is -4.69. The van der Waals surface area contributed by atoms with Crippen LogP contribution in [0.3, 0.4) is 0 Å². The van der Waals surface area contributed by atoms with Crippen LogP contribution in [0, 0.1) is 0 Å². The molecule has 0 unspecified atom stereocenters. The van der Waals surface area contributed by atoms with Crippen molar-refractivity contribution in [3.63, 3.8) is 0 Å². The molecular formula is C22H16BrF3N2O3. The Labute approximate surface area is 184 Å². The maximum absolute atomic E-state index is 13.2. The summed E-state index contributed by atoms with van der Waals surface area (Å²) in [7, 11) is 0. The molecule has 5 nitrogen and oxygen atoms in total. The van der Waals surface area contributed by atoms with Gasteiger partial charge in [-0.25, -0.2) is 4.79 Å². The van der Waals surface area contributed by atoms with Crippen molar-refractivity contribution in [3.8, 4) is 0 Å². The van der Waals surface area contributed by atoms with Gasteiger partial charge in [0, 0.05) is 10.0 Å². The van der Waals surface area contributed by atoms with Gasteiger partial charge in [0.1, 0.15) is 11.8 Å². The lowest BCUT2D eigenvalue weighted by molar-refractivity contribution is -0.137. The van der Waals surface area contributed by atoms with Gasteiger partial charge in [-0.1, -0.05) is 81.7 Å². The van der Waals surface area contributed by atoms with E-state index in [9.17, 15) is 23.1 Å². The van der Waals surface area contributed by atoms with Crippen LogP contribution >= 0.6 is 15.9 Å². The Balaban J connectivity index is 1.85. The Bertz CT molecular complexity index is 1070. The molecule has 9 heteroatoms. The molecule has 0 heterocycles. The summed E-state index contributed by atoms with van der Waals surface area (Å²) < 4.78 is 39.9. The van der Waals surface area contributed by atoms with E-state index in [1.165, 1.54) is 6.07 Å². The van der Waals surface area contributed by atoms with Crippen molar-refractivity contribution in [2.24, 2.45) is 5.16 Å². The minimum absolute atomic E-state index is 0.0220. The second kappa shape index (κ2) is 9.76. The summed E-state index contributed by atoms with van der Waals surface area (Å²) in [6, 6.07) is 20.3. The third kappa shape index (κ3) is 5.93. The van der Waals surface area contributed by atoms with Gasteiger partial charge in [-0.05, 0) is 23.8 Å². The van der Waals surface area contributed by atoms with Crippen molar-refractivity contribution in [3.05, 3.63) is 100 Å². The fourth-order valence-corrected chi connectivity index (χ4v) is 3.11. The van der Waals surface area contributed by atoms with Crippen molar-refractivity contribution in [1.29, 1.82) is 0 Å². The summed E-state index contributed by atoms with van der Waals surface area (Å²) in [6.07, 6.45) is -7.15. The standard InChI is InChI=1S/C22H16BrF3N2O3/c23-16-11-12-18(17(13-16)22(24,25)26)27-21(30)31-28-19(14-7-3-1-4-8-14)20(29)15-9-5-2-6-10-15/h1-13,20,29H,(H,27,30)/b28-19+/t20-/m0/s1. The summed E-state index contributed by atoms with van der Waals surface area (Å²) in [5, 5.41) is 16.5. The van der Waals surface area contributed by atoms with Gasteiger partial charge in [0.25, 0.3) is 0 Å². The van der Waals surface area contributed by atoms with Crippen LogP contribution in [-0.2, 0) is 11.0 Å². The molecule has 1 amide bonds. The average molecular weight is 493 g/mol. The Morgan fingerprint density at radius 3 is 2.23 bits per heavy atom. The SMILES string of the molecule is O=C(Nc1ccc(Br)cc1C(F)(F)F)O/N=C(\c1ccccc1)[C@@H](O)c1ccccc1. The zero-order valence-corrected chi connectivity index (χ0v) is 17.4. The molecule has 2 N–H and O–H groups in total. The number of benzene rings is 3. The third-order valence-corrected chi connectivity index (χ3v) is 4.69. The molecule has 0 aliphatic rings. The fraction of sp³-hybridized carbons (Fsp3) is 0.0909. The van der Waals surface area contributed by atoms with E-state index in [1.54, 1.807) is 60.7 Å². The lowest BCUT2D eigenvalue weighted by Gasteiger charge is -2.15. The summed E-state index contributed by atoms with van der Waals surface area (Å²) in [6.45, 7) is 0. The van der Waals surface area contributed by atoms with E-state index in [0.717, 1.165) is 12.1 Å². The quantitative estimate of drug-likeness (QED) is 0.254. The normalized spacial score (nSPS) is 12.9. The number of aliphatic hydroxyl groups excluding tert-OH is 1. The number of aliphatic hydroxyl groups is 1. The summed E-state index contributed by atoms with van der Waals surface area (Å²) in [4.78, 5) is 17.0. The van der Waals surface area contributed by atoms with E-state index in [4.69, 9.17) is 4.84 Å². The van der Waals surface area contributed by atoms with Crippen LogP contribution in [0.25, 0.3) is 0 Å². The highest BCUT2D eigenvalue weighted by Crippen LogP contribution is 2.36. The lowest BCUT2D eigenvalue weighted by atomic mass is 9.99. The number of nitrogens with one attached hydrogen (secondary N) is 1. The van der Waals surface area contributed by atoms with Gasteiger partial charge in [-0.3, -0.25) is 10.2 Å². The number of oxime groups is 1. The molecule has 1 atom stereocenters. The Hall–Kier alpha value is -3.17. The van der Waals surface area contributed by atoms with Gasteiger partial charge in [-0.2, -0.15) is 13.2 Å². The third-order valence-electron chi connectivity index (χ3n) is 4.19. The van der Waals surface area contributed by atoms with Crippen molar-refractivity contribution >= 4 is 33.4 Å². The predicted molar refractivity (Wildman–Crippen MR) is 114 cm³/mol. The predicted octanol–water partition coefficient (Wildman–Crippen LogP) is 6.15. The molecule has 0 spiro atoms. The van der Waals surface area contributed by atoms with Crippen molar-refractivity contribution in [2.75, 3.05) is 5.32 Å². The average Bonchev–Trinajstić information content (AvgIpc) is 2.75. The number of hydrogen-bond acceptors (Lipinski definition) is 4. The highest BCUT2D eigenvalue weighted by atomic mass is 79.9. The largest absolute Gasteiger partial charge is 0.437 e. The highest BCUT2D eigenvalue weighted by Gasteiger charge is 2.34. The number of anilines is 1. The van der Waals surface area contributed by atoms with Gasteiger partial charge < -0.3 is 5.11 Å². The molecule has 3 aromatic rings. The highest BCUT2D eigenvalue weighted by molar-refractivity contribution is 9.10. The molecule has 0 aliphatic carbocycles. The zero-order chi connectivity index (χ0) is 22.4. The van der Waals surface area contributed by atoms with Crippen LogP contribution in [0.5, 0.6) is 0 Å². The number of carbonyl (C=O) groups excluding carboxylic acids is 1. The van der Waals surface area contributed by atoms with Crippen LogP contribution in [0.1, 0.15) is 22.8 Å². The molecule has 3 rings (SSSR count). The van der Waals surface area contributed by atoms with Crippen molar-refractivity contribution in [1.82, 2.24) is 0 Å². The van der Waals surface area contributed by atoms with E-state index in [1.807, 2.05) is 5.32 Å². The number of hydrogen-bond donors (Lipinski definition) is 2. The number of carbonyl (C=O) groups is 1. The van der Waals surface area contributed by atoms with E-state index in [-0.39, 0.29) is 10.2 Å². The van der Waals surface area contributed by atoms with E-state index >= 15 is 0 Å². The Morgan fingerprint density at radius 2 is 1.61 bits per heavy atom. The zero-order valence-electron chi connectivity index (χ0n) is 15.8. The molecule has 0 saturated heterocycles. The topological polar surface area (TPSA) is 70.9 Å². The number of nitrogens with zero attached hydrogens (tertiary/aromatic N) is 1. The van der Waals surface area contributed by atoms with E-state index < -0.39 is 29.6 Å². The first kappa shape index (κ1) is 22.5. The number of alkyl halides is 3. The Morgan fingerprint density at radius 1 is 1.00 bits per heavy atom. The maximum atomic E-state index is 13.2. The summed E-state index contributed by atoms with van der Waals surface area (Å²) in [5.74, 6) is 0. The first-order valence-electron chi connectivity index (χ1n) is 8.97. The molecule has 160 valence electrons. The second-order valence-corrected chi connectivity index (χ2v) is 7.26. The minimum Gasteiger partial charge on any atom is -0.382 e. The second-order valence-electron chi connectivity index (χ2n) is 6.35.